The van der Waals surface area contributed by atoms with Gasteiger partial charge >= 0.3 is 0 Å². The monoisotopic (exact) mass is 191 g/mol. The molecule has 0 amide bonds. The van der Waals surface area contributed by atoms with E-state index < -0.39 is 0 Å². The summed E-state index contributed by atoms with van der Waals surface area (Å²) in [5.74, 6) is 1.16. The first-order valence-electron chi connectivity index (χ1n) is 3.29. The number of hydrogen-bond acceptors (Lipinski definition) is 3. The van der Waals surface area contributed by atoms with Gasteiger partial charge in [0.1, 0.15) is 0 Å². The first-order valence-corrected chi connectivity index (χ1v) is 4.27. The normalized spacial score (nSPS) is 14.3. The van der Waals surface area contributed by atoms with Crippen molar-refractivity contribution < 1.29 is 0 Å². The van der Waals surface area contributed by atoms with Gasteiger partial charge in [-0.1, -0.05) is 11.8 Å². The van der Waals surface area contributed by atoms with Crippen LogP contribution in [0.4, 0.5) is 0 Å². The Kier molecular flexibility index (Phi) is 2.81. The molecule has 0 saturated carbocycles. The van der Waals surface area contributed by atoms with Crippen LogP contribution in [-0.2, 0) is 13.1 Å². The molecule has 0 radical (unpaired) electrons. The third kappa shape index (κ3) is 1.52. The minimum Gasteiger partial charge on any atom is -0.325 e. The highest BCUT2D eigenvalue weighted by Gasteiger charge is 2.12. The molecule has 0 spiro atoms. The molecule has 0 atom stereocenters. The lowest BCUT2D eigenvalue weighted by molar-refractivity contribution is 0.719. The number of thioether (sulfide) groups is 1. The van der Waals surface area contributed by atoms with Crippen LogP contribution in [0.15, 0.2) is 11.4 Å². The Balaban J connectivity index is 0.000000605. The molecule has 0 unspecified atom stereocenters. The molecule has 5 heteroatoms. The molecular formula is C6H10ClN3S. The summed E-state index contributed by atoms with van der Waals surface area (Å²) in [6, 6.07) is 0. The fraction of sp³-hybridized carbons (Fsp3) is 0.500. The van der Waals surface area contributed by atoms with E-state index in [-0.39, 0.29) is 12.4 Å². The average molecular weight is 192 g/mol. The van der Waals surface area contributed by atoms with Crippen molar-refractivity contribution in [2.45, 2.75) is 18.2 Å². The standard InChI is InChI=1S/C6H9N3S.ClH/c7-3-5-4-9-1-2-10-6(9)8-5;/h4H,1-3,7H2;1H. The second-order valence-electron chi connectivity index (χ2n) is 2.26. The minimum atomic E-state index is 0. The van der Waals surface area contributed by atoms with Gasteiger partial charge in [0.05, 0.1) is 5.69 Å². The highest BCUT2D eigenvalue weighted by atomic mass is 35.5. The number of nitrogens with two attached hydrogens (primary N) is 1. The lowest BCUT2D eigenvalue weighted by Crippen LogP contribution is -1.96. The maximum absolute atomic E-state index is 5.43. The topological polar surface area (TPSA) is 43.8 Å². The molecule has 0 aliphatic carbocycles. The first-order chi connectivity index (χ1) is 4.90. The molecule has 1 aromatic rings. The molecule has 2 heterocycles. The minimum absolute atomic E-state index is 0. The zero-order valence-corrected chi connectivity index (χ0v) is 7.62. The van der Waals surface area contributed by atoms with Gasteiger partial charge in [0.25, 0.3) is 0 Å². The molecule has 62 valence electrons. The van der Waals surface area contributed by atoms with Crippen molar-refractivity contribution in [2.24, 2.45) is 5.73 Å². The molecule has 2 N–H and O–H groups in total. The smallest absolute Gasteiger partial charge is 0.168 e. The molecule has 2 rings (SSSR count). The molecule has 0 aromatic carbocycles. The predicted octanol–water partition coefficient (Wildman–Crippen LogP) is 0.869. The van der Waals surface area contributed by atoms with Gasteiger partial charge < -0.3 is 10.3 Å². The van der Waals surface area contributed by atoms with Crippen molar-refractivity contribution in [3.05, 3.63) is 11.9 Å². The molecule has 0 fully saturated rings. The molecule has 0 saturated heterocycles. The Morgan fingerprint density at radius 3 is 3.18 bits per heavy atom. The zero-order chi connectivity index (χ0) is 6.97. The summed E-state index contributed by atoms with van der Waals surface area (Å²) < 4.78 is 2.16. The Morgan fingerprint density at radius 2 is 2.55 bits per heavy atom. The van der Waals surface area contributed by atoms with E-state index in [2.05, 4.69) is 9.55 Å². The number of hydrogen-bond donors (Lipinski definition) is 1. The van der Waals surface area contributed by atoms with E-state index in [1.807, 2.05) is 6.20 Å². The quantitative estimate of drug-likeness (QED) is 0.717. The van der Waals surface area contributed by atoms with Crippen molar-refractivity contribution in [3.63, 3.8) is 0 Å². The Labute approximate surface area is 75.8 Å². The molecule has 1 aliphatic rings. The van der Waals surface area contributed by atoms with Crippen LogP contribution < -0.4 is 5.73 Å². The van der Waals surface area contributed by atoms with Gasteiger partial charge in [0.2, 0.25) is 0 Å². The van der Waals surface area contributed by atoms with E-state index in [4.69, 9.17) is 5.73 Å². The van der Waals surface area contributed by atoms with Gasteiger partial charge in [-0.25, -0.2) is 4.98 Å². The van der Waals surface area contributed by atoms with E-state index in [9.17, 15) is 0 Å². The third-order valence-corrected chi connectivity index (χ3v) is 2.53. The number of aryl methyl sites for hydroxylation is 1. The summed E-state index contributed by atoms with van der Waals surface area (Å²) in [6.07, 6.45) is 2.04. The highest BCUT2D eigenvalue weighted by Crippen LogP contribution is 2.23. The van der Waals surface area contributed by atoms with Crippen molar-refractivity contribution in [3.8, 4) is 0 Å². The van der Waals surface area contributed by atoms with Gasteiger partial charge in [-0.05, 0) is 0 Å². The van der Waals surface area contributed by atoms with Gasteiger partial charge in [0, 0.05) is 25.0 Å². The molecule has 0 bridgehead atoms. The van der Waals surface area contributed by atoms with E-state index in [0.29, 0.717) is 6.54 Å². The van der Waals surface area contributed by atoms with E-state index in [0.717, 1.165) is 23.1 Å². The van der Waals surface area contributed by atoms with Gasteiger partial charge in [-0.3, -0.25) is 0 Å². The van der Waals surface area contributed by atoms with Crippen LogP contribution in [0.3, 0.4) is 0 Å². The number of halogens is 1. The van der Waals surface area contributed by atoms with Crippen LogP contribution in [0.1, 0.15) is 5.69 Å². The maximum Gasteiger partial charge on any atom is 0.168 e. The lowest BCUT2D eigenvalue weighted by Gasteiger charge is -1.88. The first kappa shape index (κ1) is 8.90. The van der Waals surface area contributed by atoms with Crippen molar-refractivity contribution in [2.75, 3.05) is 5.75 Å². The van der Waals surface area contributed by atoms with Crippen LogP contribution in [0, 0.1) is 0 Å². The van der Waals surface area contributed by atoms with Gasteiger partial charge in [-0.2, -0.15) is 0 Å². The summed E-state index contributed by atoms with van der Waals surface area (Å²) in [6.45, 7) is 1.65. The van der Waals surface area contributed by atoms with Crippen molar-refractivity contribution in [1.82, 2.24) is 9.55 Å². The van der Waals surface area contributed by atoms with Crippen molar-refractivity contribution >= 4 is 24.2 Å². The van der Waals surface area contributed by atoms with Crippen LogP contribution >= 0.6 is 24.2 Å². The summed E-state index contributed by atoms with van der Waals surface area (Å²) in [4.78, 5) is 4.31. The van der Waals surface area contributed by atoms with Crippen LogP contribution in [0.25, 0.3) is 0 Å². The second-order valence-corrected chi connectivity index (χ2v) is 3.32. The molecule has 1 aromatic heterocycles. The molecule has 11 heavy (non-hydrogen) atoms. The molecule has 1 aliphatic heterocycles. The summed E-state index contributed by atoms with van der Waals surface area (Å²) in [5, 5.41) is 1.13. The maximum atomic E-state index is 5.43. The SMILES string of the molecule is Cl.NCc1cn2c(n1)SCC2. The van der Waals surface area contributed by atoms with Crippen molar-refractivity contribution in [1.29, 1.82) is 0 Å². The van der Waals surface area contributed by atoms with Crippen LogP contribution in [0.5, 0.6) is 0 Å². The summed E-state index contributed by atoms with van der Waals surface area (Å²) in [7, 11) is 0. The predicted molar refractivity (Wildman–Crippen MR) is 48.1 cm³/mol. The highest BCUT2D eigenvalue weighted by molar-refractivity contribution is 7.99. The fourth-order valence-electron chi connectivity index (χ4n) is 1.06. The van der Waals surface area contributed by atoms with E-state index in [1.54, 1.807) is 11.8 Å². The fourth-order valence-corrected chi connectivity index (χ4v) is 2.02. The number of rotatable bonds is 1. The van der Waals surface area contributed by atoms with E-state index >= 15 is 0 Å². The van der Waals surface area contributed by atoms with E-state index in [1.165, 1.54) is 0 Å². The number of imidazole rings is 1. The molecule has 3 nitrogen and oxygen atoms in total. The number of aromatic nitrogens is 2. The third-order valence-electron chi connectivity index (χ3n) is 1.56. The Morgan fingerprint density at radius 1 is 1.73 bits per heavy atom. The Bertz CT molecular complexity index is 226. The molecular weight excluding hydrogens is 182 g/mol. The number of nitrogens with zero attached hydrogens (tertiary/aromatic N) is 2. The lowest BCUT2D eigenvalue weighted by atomic mass is 10.5. The second kappa shape index (κ2) is 3.47. The van der Waals surface area contributed by atoms with Crippen LogP contribution in [-0.4, -0.2) is 15.3 Å². The van der Waals surface area contributed by atoms with Gasteiger partial charge in [-0.15, -0.1) is 12.4 Å². The zero-order valence-electron chi connectivity index (χ0n) is 5.99. The Hall–Kier alpha value is -0.190. The largest absolute Gasteiger partial charge is 0.325 e. The van der Waals surface area contributed by atoms with Gasteiger partial charge in [0.15, 0.2) is 5.16 Å². The number of fused-ring (bicyclic) bond motifs is 1. The van der Waals surface area contributed by atoms with Crippen LogP contribution in [0.2, 0.25) is 0 Å². The average Bonchev–Trinajstić information content (AvgIpc) is 2.42. The summed E-state index contributed by atoms with van der Waals surface area (Å²) >= 11 is 1.80. The summed E-state index contributed by atoms with van der Waals surface area (Å²) in [5.41, 5.74) is 6.43.